The van der Waals surface area contributed by atoms with Crippen LogP contribution in [0, 0.1) is 11.8 Å². The van der Waals surface area contributed by atoms with Gasteiger partial charge >= 0.3 is 11.9 Å². The zero-order chi connectivity index (χ0) is 31.6. The quantitative estimate of drug-likeness (QED) is 0.171. The minimum Gasteiger partial charge on any atom is -0.497 e. The van der Waals surface area contributed by atoms with Crippen LogP contribution in [0.4, 0.5) is 0 Å². The molecule has 0 aliphatic carbocycles. The third kappa shape index (κ3) is 13.0. The molecular formula is C33H37NO9. The monoisotopic (exact) mass is 591 g/mol. The van der Waals surface area contributed by atoms with E-state index in [2.05, 4.69) is 24.1 Å². The Kier molecular flexibility index (Phi) is 14.7. The number of aliphatic carboxylic acids is 2. The molecule has 43 heavy (non-hydrogen) atoms. The highest BCUT2D eigenvalue weighted by Gasteiger charge is 2.12. The molecule has 10 heteroatoms. The molecule has 228 valence electrons. The molecule has 0 aliphatic rings. The first-order valence-electron chi connectivity index (χ1n) is 13.3. The highest BCUT2D eigenvalue weighted by atomic mass is 16.5. The average molecular weight is 592 g/mol. The third-order valence-corrected chi connectivity index (χ3v) is 5.80. The Morgan fingerprint density at radius 2 is 1.51 bits per heavy atom. The van der Waals surface area contributed by atoms with Crippen LogP contribution in [-0.4, -0.2) is 73.9 Å². The van der Waals surface area contributed by atoms with Gasteiger partial charge in [-0.2, -0.15) is 0 Å². The second-order valence-corrected chi connectivity index (χ2v) is 9.16. The molecule has 3 aromatic rings. The van der Waals surface area contributed by atoms with E-state index in [4.69, 9.17) is 29.2 Å². The third-order valence-electron chi connectivity index (χ3n) is 5.80. The second-order valence-electron chi connectivity index (χ2n) is 9.16. The van der Waals surface area contributed by atoms with Crippen LogP contribution in [0.15, 0.2) is 78.9 Å². The average Bonchev–Trinajstić information content (AvgIpc) is 3.01. The molecule has 2 unspecified atom stereocenters. The van der Waals surface area contributed by atoms with Crippen LogP contribution in [0.5, 0.6) is 23.0 Å². The smallest absolute Gasteiger partial charge is 0.328 e. The first kappa shape index (κ1) is 34.2. The Hall–Kier alpha value is -4.98. The van der Waals surface area contributed by atoms with Crippen molar-refractivity contribution >= 4 is 11.9 Å². The highest BCUT2D eigenvalue weighted by Crippen LogP contribution is 2.28. The van der Waals surface area contributed by atoms with Crippen LogP contribution >= 0.6 is 0 Å². The maximum Gasteiger partial charge on any atom is 0.328 e. The lowest BCUT2D eigenvalue weighted by Gasteiger charge is -2.19. The SMILES string of the molecule is COc1ccc(C#Cc2ccccc2)c(OCC(O)CNC(C)Cc2ccc(OC)c(OC)c2)c1.O=C(O)/C=C/C(=O)O. The Morgan fingerprint density at radius 3 is 2.12 bits per heavy atom. The van der Waals surface area contributed by atoms with Gasteiger partial charge in [-0.1, -0.05) is 36.1 Å². The van der Waals surface area contributed by atoms with Gasteiger partial charge in [0.2, 0.25) is 0 Å². The predicted molar refractivity (Wildman–Crippen MR) is 162 cm³/mol. The van der Waals surface area contributed by atoms with E-state index in [0.29, 0.717) is 41.7 Å². The van der Waals surface area contributed by atoms with Crippen LogP contribution in [0.25, 0.3) is 0 Å². The summed E-state index contributed by atoms with van der Waals surface area (Å²) in [6, 6.07) is 21.3. The topological polar surface area (TPSA) is 144 Å². The molecule has 0 spiro atoms. The molecular weight excluding hydrogens is 554 g/mol. The number of hydrogen-bond acceptors (Lipinski definition) is 8. The molecule has 0 amide bonds. The van der Waals surface area contributed by atoms with Gasteiger partial charge in [-0.15, -0.1) is 0 Å². The van der Waals surface area contributed by atoms with Gasteiger partial charge in [0.15, 0.2) is 11.5 Å². The van der Waals surface area contributed by atoms with Gasteiger partial charge in [0.25, 0.3) is 0 Å². The van der Waals surface area contributed by atoms with Gasteiger partial charge in [0.1, 0.15) is 24.2 Å². The number of methoxy groups -OCH3 is 3. The van der Waals surface area contributed by atoms with Crippen molar-refractivity contribution in [1.82, 2.24) is 5.32 Å². The molecule has 2 atom stereocenters. The van der Waals surface area contributed by atoms with Crippen molar-refractivity contribution < 1.29 is 43.9 Å². The molecule has 0 aliphatic heterocycles. The lowest BCUT2D eigenvalue weighted by Crippen LogP contribution is -2.37. The van der Waals surface area contributed by atoms with E-state index < -0.39 is 18.0 Å². The van der Waals surface area contributed by atoms with Gasteiger partial charge < -0.3 is 39.6 Å². The molecule has 3 aromatic carbocycles. The Labute approximate surface area is 251 Å². The van der Waals surface area contributed by atoms with Gasteiger partial charge in [-0.05, 0) is 55.3 Å². The van der Waals surface area contributed by atoms with Crippen molar-refractivity contribution in [3.8, 4) is 34.8 Å². The van der Waals surface area contributed by atoms with E-state index in [0.717, 1.165) is 23.1 Å². The number of rotatable bonds is 13. The molecule has 0 radical (unpaired) electrons. The summed E-state index contributed by atoms with van der Waals surface area (Å²) in [7, 11) is 4.85. The minimum atomic E-state index is -1.26. The highest BCUT2D eigenvalue weighted by molar-refractivity contribution is 5.89. The largest absolute Gasteiger partial charge is 0.497 e. The zero-order valence-electron chi connectivity index (χ0n) is 24.6. The van der Waals surface area contributed by atoms with Crippen molar-refractivity contribution in [2.45, 2.75) is 25.5 Å². The van der Waals surface area contributed by atoms with E-state index in [-0.39, 0.29) is 12.6 Å². The van der Waals surface area contributed by atoms with Gasteiger partial charge in [0, 0.05) is 36.4 Å². The summed E-state index contributed by atoms with van der Waals surface area (Å²) in [6.45, 7) is 2.59. The number of carboxylic acid groups (broad SMARTS) is 2. The molecule has 0 fully saturated rings. The summed E-state index contributed by atoms with van der Waals surface area (Å²) in [5, 5.41) is 29.5. The van der Waals surface area contributed by atoms with Gasteiger partial charge in [0.05, 0.1) is 26.9 Å². The maximum atomic E-state index is 10.5. The molecule has 10 nitrogen and oxygen atoms in total. The summed E-state index contributed by atoms with van der Waals surface area (Å²) < 4.78 is 21.9. The first-order chi connectivity index (χ1) is 20.6. The number of aliphatic hydroxyl groups is 1. The van der Waals surface area contributed by atoms with Crippen molar-refractivity contribution in [1.29, 1.82) is 0 Å². The maximum absolute atomic E-state index is 10.5. The molecule has 0 saturated heterocycles. The zero-order valence-corrected chi connectivity index (χ0v) is 24.6. The number of ether oxygens (including phenoxy) is 4. The molecule has 0 aromatic heterocycles. The van der Waals surface area contributed by atoms with Crippen LogP contribution in [0.1, 0.15) is 23.6 Å². The van der Waals surface area contributed by atoms with E-state index in [9.17, 15) is 14.7 Å². The van der Waals surface area contributed by atoms with Crippen LogP contribution in [0.3, 0.4) is 0 Å². The van der Waals surface area contributed by atoms with Crippen LogP contribution in [-0.2, 0) is 16.0 Å². The van der Waals surface area contributed by atoms with Gasteiger partial charge in [-0.3, -0.25) is 0 Å². The summed E-state index contributed by atoms with van der Waals surface area (Å²) in [5.41, 5.74) is 2.77. The van der Waals surface area contributed by atoms with Crippen molar-refractivity contribution in [3.63, 3.8) is 0 Å². The number of aliphatic hydroxyl groups excluding tert-OH is 1. The number of carbonyl (C=O) groups is 2. The van der Waals surface area contributed by atoms with Crippen molar-refractivity contribution in [3.05, 3.63) is 95.6 Å². The molecule has 3 rings (SSSR count). The standard InChI is InChI=1S/C29H33NO5.C4H4O4/c1-21(16-23-11-15-27(33-3)29(17-23)34-4)30-19-25(31)20-35-28-18-26(32-2)14-13-24(28)12-10-22-8-6-5-7-9-22;5-3(6)1-2-4(7)8/h5-9,11,13-15,17-18,21,25,30-31H,16,19-20H2,1-4H3;1-2H,(H,5,6)(H,7,8)/b;2-1+. The van der Waals surface area contributed by atoms with Crippen molar-refractivity contribution in [2.75, 3.05) is 34.5 Å². The second kappa shape index (κ2) is 18.5. The summed E-state index contributed by atoms with van der Waals surface area (Å²) in [6.07, 6.45) is 1.21. The fraction of sp³-hybridized carbons (Fsp3) is 0.273. The normalized spacial score (nSPS) is 11.7. The fourth-order valence-corrected chi connectivity index (χ4v) is 3.67. The van der Waals surface area contributed by atoms with Gasteiger partial charge in [-0.25, -0.2) is 9.59 Å². The molecule has 4 N–H and O–H groups in total. The Morgan fingerprint density at radius 1 is 0.837 bits per heavy atom. The fourth-order valence-electron chi connectivity index (χ4n) is 3.67. The van der Waals surface area contributed by atoms with E-state index in [1.807, 2.05) is 60.7 Å². The molecule has 0 heterocycles. The molecule has 0 bridgehead atoms. The molecule has 0 saturated carbocycles. The predicted octanol–water partition coefficient (Wildman–Crippen LogP) is 3.78. The Balaban J connectivity index is 0.000000708. The Bertz CT molecular complexity index is 1390. The van der Waals surface area contributed by atoms with E-state index in [1.165, 1.54) is 0 Å². The lowest BCUT2D eigenvalue weighted by molar-refractivity contribution is -0.134. The number of nitrogens with one attached hydrogen (secondary N) is 1. The van der Waals surface area contributed by atoms with E-state index in [1.54, 1.807) is 27.4 Å². The summed E-state index contributed by atoms with van der Waals surface area (Å²) in [5.74, 6) is 6.43. The first-order valence-corrected chi connectivity index (χ1v) is 13.3. The number of benzene rings is 3. The minimum absolute atomic E-state index is 0.128. The number of hydrogen-bond donors (Lipinski definition) is 4. The van der Waals surface area contributed by atoms with Crippen LogP contribution < -0.4 is 24.3 Å². The number of carboxylic acids is 2. The summed E-state index contributed by atoms with van der Waals surface area (Å²) >= 11 is 0. The van der Waals surface area contributed by atoms with E-state index >= 15 is 0 Å². The lowest BCUT2D eigenvalue weighted by atomic mass is 10.1. The van der Waals surface area contributed by atoms with Crippen molar-refractivity contribution in [2.24, 2.45) is 0 Å². The van der Waals surface area contributed by atoms with Crippen LogP contribution in [0.2, 0.25) is 0 Å². The summed E-state index contributed by atoms with van der Waals surface area (Å²) in [4.78, 5) is 19.1.